The number of methoxy groups -OCH3 is 1. The minimum Gasteiger partial charge on any atom is -0.383 e. The van der Waals surface area contributed by atoms with Gasteiger partial charge >= 0.3 is 0 Å². The summed E-state index contributed by atoms with van der Waals surface area (Å²) in [6.45, 7) is 1.48. The zero-order valence-electron chi connectivity index (χ0n) is 7.21. The van der Waals surface area contributed by atoms with Gasteiger partial charge in [0.2, 0.25) is 0 Å². The molecule has 0 saturated heterocycles. The lowest BCUT2D eigenvalue weighted by molar-refractivity contribution is 0.0925. The van der Waals surface area contributed by atoms with Crippen LogP contribution in [0.4, 0.5) is 0 Å². The Morgan fingerprint density at radius 1 is 1.36 bits per heavy atom. The Balaban J connectivity index is 2.69. The molecule has 0 aromatic heterocycles. The van der Waals surface area contributed by atoms with E-state index < -0.39 is 0 Å². The minimum absolute atomic E-state index is 0.0457. The predicted octanol–water partition coefficient (Wildman–Crippen LogP) is 0.514. The fourth-order valence-electron chi connectivity index (χ4n) is 0.737. The average molecular weight is 194 g/mol. The molecule has 0 aliphatic carbocycles. The van der Waals surface area contributed by atoms with E-state index in [1.807, 2.05) is 0 Å². The van der Waals surface area contributed by atoms with E-state index in [4.69, 9.17) is 9.47 Å². The van der Waals surface area contributed by atoms with E-state index in [0.717, 1.165) is 25.2 Å². The highest BCUT2D eigenvalue weighted by Crippen LogP contribution is 1.90. The molecule has 0 aliphatic heterocycles. The van der Waals surface area contributed by atoms with Gasteiger partial charge in [-0.25, -0.2) is 0 Å². The molecule has 0 N–H and O–H groups in total. The molecular formula is C7H18O2SSi. The van der Waals surface area contributed by atoms with Crippen molar-refractivity contribution < 1.29 is 9.47 Å². The Kier molecular flexibility index (Phi) is 11.0. The van der Waals surface area contributed by atoms with Crippen LogP contribution in [0.15, 0.2) is 0 Å². The Bertz CT molecular complexity index is 65.5. The molecule has 0 atom stereocenters. The molecule has 0 spiro atoms. The van der Waals surface area contributed by atoms with Crippen LogP contribution in [0.5, 0.6) is 0 Å². The van der Waals surface area contributed by atoms with Crippen LogP contribution in [0.1, 0.15) is 6.42 Å². The van der Waals surface area contributed by atoms with Gasteiger partial charge in [-0.05, 0) is 12.2 Å². The van der Waals surface area contributed by atoms with Crippen molar-refractivity contribution in [3.05, 3.63) is 0 Å². The lowest BCUT2D eigenvalue weighted by Crippen LogP contribution is -2.08. The van der Waals surface area contributed by atoms with Crippen molar-refractivity contribution in [1.29, 1.82) is 0 Å². The van der Waals surface area contributed by atoms with E-state index >= 15 is 0 Å². The van der Waals surface area contributed by atoms with Gasteiger partial charge in [0, 0.05) is 13.3 Å². The lowest BCUT2D eigenvalue weighted by atomic mass is 10.6. The van der Waals surface area contributed by atoms with E-state index in [2.05, 4.69) is 12.6 Å². The molecule has 0 aromatic rings. The van der Waals surface area contributed by atoms with Gasteiger partial charge in [-0.3, -0.25) is 0 Å². The van der Waals surface area contributed by atoms with Crippen LogP contribution >= 0.6 is 12.6 Å². The Morgan fingerprint density at radius 3 is 2.82 bits per heavy atom. The molecule has 0 amide bonds. The van der Waals surface area contributed by atoms with Crippen LogP contribution in [0.25, 0.3) is 0 Å². The van der Waals surface area contributed by atoms with E-state index in [1.54, 1.807) is 7.11 Å². The average Bonchev–Trinajstić information content (AvgIpc) is 2.03. The predicted molar refractivity (Wildman–Crippen MR) is 54.5 cm³/mol. The van der Waals surface area contributed by atoms with Gasteiger partial charge in [-0.2, -0.15) is 12.6 Å². The maximum absolute atomic E-state index is 5.33. The lowest BCUT2D eigenvalue weighted by Gasteiger charge is -2.01. The summed E-state index contributed by atoms with van der Waals surface area (Å²) in [5.41, 5.74) is 0. The Morgan fingerprint density at radius 2 is 2.18 bits per heavy atom. The molecule has 4 heteroatoms. The molecule has 68 valence electrons. The van der Waals surface area contributed by atoms with Crippen molar-refractivity contribution in [2.75, 3.05) is 32.3 Å². The fourth-order valence-corrected chi connectivity index (χ4v) is 2.60. The fraction of sp³-hybridized carbons (Fsp3) is 1.00. The Labute approximate surface area is 76.9 Å². The molecular weight excluding hydrogens is 176 g/mol. The first-order valence-electron chi connectivity index (χ1n) is 4.09. The molecule has 0 unspecified atom stereocenters. The molecule has 0 saturated carbocycles. The van der Waals surface area contributed by atoms with Crippen LogP contribution in [0.2, 0.25) is 6.04 Å². The van der Waals surface area contributed by atoms with Gasteiger partial charge in [0.1, 0.15) is 0 Å². The summed E-state index contributed by atoms with van der Waals surface area (Å²) in [6, 6.07) is 1.36. The van der Waals surface area contributed by atoms with Crippen LogP contribution in [-0.2, 0) is 9.47 Å². The molecule has 0 aliphatic rings. The van der Waals surface area contributed by atoms with Gasteiger partial charge in [-0.15, -0.1) is 0 Å². The maximum atomic E-state index is 5.33. The number of hydrogen-bond donors (Lipinski definition) is 1. The second kappa shape index (κ2) is 10.5. The van der Waals surface area contributed by atoms with E-state index in [9.17, 15) is 0 Å². The number of ether oxygens (including phenoxy) is 2. The zero-order valence-corrected chi connectivity index (χ0v) is 9.52. The molecule has 0 heterocycles. The van der Waals surface area contributed by atoms with Gasteiger partial charge in [0.05, 0.1) is 22.7 Å². The third-order valence-corrected chi connectivity index (χ3v) is 3.27. The summed E-state index contributed by atoms with van der Waals surface area (Å²) in [5, 5.41) is 0. The van der Waals surface area contributed by atoms with Crippen LogP contribution in [-0.4, -0.2) is 41.8 Å². The van der Waals surface area contributed by atoms with Crippen LogP contribution in [0, 0.1) is 0 Å². The summed E-state index contributed by atoms with van der Waals surface area (Å²) < 4.78 is 10.2. The highest BCUT2D eigenvalue weighted by atomic mass is 32.1. The summed E-state index contributed by atoms with van der Waals surface area (Å²) in [4.78, 5) is 0. The van der Waals surface area contributed by atoms with Crippen molar-refractivity contribution in [3.8, 4) is 0 Å². The Hall–Kier alpha value is 0.487. The van der Waals surface area contributed by atoms with Gasteiger partial charge in [0.25, 0.3) is 0 Å². The SMILES string of the molecule is COCCOC[SiH2]CCCS. The van der Waals surface area contributed by atoms with E-state index in [-0.39, 0.29) is 9.52 Å². The monoisotopic (exact) mass is 194 g/mol. The van der Waals surface area contributed by atoms with Gasteiger partial charge in [-0.1, -0.05) is 6.04 Å². The molecule has 0 aromatic carbocycles. The second-order valence-electron chi connectivity index (χ2n) is 2.39. The highest BCUT2D eigenvalue weighted by Gasteiger charge is 1.89. The van der Waals surface area contributed by atoms with Gasteiger partial charge in [0.15, 0.2) is 0 Å². The maximum Gasteiger partial charge on any atom is 0.0696 e. The normalized spacial score (nSPS) is 11.5. The molecule has 11 heavy (non-hydrogen) atoms. The molecule has 0 radical (unpaired) electrons. The first-order valence-corrected chi connectivity index (χ1v) is 6.72. The molecule has 0 rings (SSSR count). The molecule has 0 bridgehead atoms. The van der Waals surface area contributed by atoms with Crippen molar-refractivity contribution >= 4 is 22.1 Å². The van der Waals surface area contributed by atoms with E-state index in [1.165, 1.54) is 12.5 Å². The van der Waals surface area contributed by atoms with Crippen LogP contribution < -0.4 is 0 Å². The van der Waals surface area contributed by atoms with Crippen molar-refractivity contribution in [3.63, 3.8) is 0 Å². The second-order valence-corrected chi connectivity index (χ2v) is 4.66. The number of rotatable bonds is 8. The van der Waals surface area contributed by atoms with Crippen molar-refractivity contribution in [1.82, 2.24) is 0 Å². The van der Waals surface area contributed by atoms with Gasteiger partial charge < -0.3 is 9.47 Å². The third-order valence-electron chi connectivity index (χ3n) is 1.38. The zero-order chi connectivity index (χ0) is 8.36. The first-order chi connectivity index (χ1) is 5.41. The summed E-state index contributed by atoms with van der Waals surface area (Å²) >= 11 is 4.14. The summed E-state index contributed by atoms with van der Waals surface area (Å²) in [6.07, 6.45) is 2.25. The summed E-state index contributed by atoms with van der Waals surface area (Å²) in [7, 11) is 1.74. The molecule has 0 fully saturated rings. The minimum atomic E-state index is 0.0457. The van der Waals surface area contributed by atoms with Crippen LogP contribution in [0.3, 0.4) is 0 Å². The topological polar surface area (TPSA) is 18.5 Å². The smallest absolute Gasteiger partial charge is 0.0696 e. The first kappa shape index (κ1) is 11.5. The third kappa shape index (κ3) is 10.5. The van der Waals surface area contributed by atoms with Crippen molar-refractivity contribution in [2.45, 2.75) is 12.5 Å². The number of thiol groups is 1. The summed E-state index contributed by atoms with van der Waals surface area (Å²) in [5.74, 6) is 1.02. The standard InChI is InChI=1S/C7H18O2SSi/c1-8-3-4-9-7-11-6-2-5-10/h10H,2-7,11H2,1H3. The number of hydrogen-bond acceptors (Lipinski definition) is 3. The highest BCUT2D eigenvalue weighted by molar-refractivity contribution is 7.80. The quantitative estimate of drug-likeness (QED) is 0.345. The largest absolute Gasteiger partial charge is 0.383 e. The van der Waals surface area contributed by atoms with E-state index in [0.29, 0.717) is 0 Å². The van der Waals surface area contributed by atoms with Crippen molar-refractivity contribution in [2.24, 2.45) is 0 Å². The molecule has 2 nitrogen and oxygen atoms in total.